The lowest BCUT2D eigenvalue weighted by Gasteiger charge is -2.57. The molecule has 4 rings (SSSR count). The van der Waals surface area contributed by atoms with Gasteiger partial charge in [0.25, 0.3) is 0 Å². The van der Waals surface area contributed by atoms with Crippen LogP contribution in [0.3, 0.4) is 0 Å². The van der Waals surface area contributed by atoms with E-state index >= 15 is 0 Å². The van der Waals surface area contributed by atoms with Gasteiger partial charge in [-0.1, -0.05) is 54.3 Å². The van der Waals surface area contributed by atoms with Crippen LogP contribution in [0, 0.1) is 11.8 Å². The second-order valence-corrected chi connectivity index (χ2v) is 10.9. The maximum absolute atomic E-state index is 13.3. The van der Waals surface area contributed by atoms with Gasteiger partial charge in [0.2, 0.25) is 10.0 Å². The Morgan fingerprint density at radius 3 is 2.42 bits per heavy atom. The monoisotopic (exact) mass is 468 g/mol. The highest BCUT2D eigenvalue weighted by molar-refractivity contribution is 7.88. The molecule has 2 saturated heterocycles. The highest BCUT2D eigenvalue weighted by Gasteiger charge is 2.50. The van der Waals surface area contributed by atoms with Crippen LogP contribution in [0.5, 0.6) is 0 Å². The lowest BCUT2D eigenvalue weighted by Crippen LogP contribution is -2.67. The van der Waals surface area contributed by atoms with Gasteiger partial charge in [-0.15, -0.1) is 0 Å². The Labute approximate surface area is 196 Å². The van der Waals surface area contributed by atoms with Crippen LogP contribution in [0.15, 0.2) is 54.6 Å². The molecule has 2 aliphatic rings. The van der Waals surface area contributed by atoms with Gasteiger partial charge in [0.15, 0.2) is 0 Å². The summed E-state index contributed by atoms with van der Waals surface area (Å²) in [6, 6.07) is 17.2. The zero-order valence-corrected chi connectivity index (χ0v) is 19.8. The fraction of sp³-hybridized carbons (Fsp3) is 0.462. The van der Waals surface area contributed by atoms with Gasteiger partial charge < -0.3 is 10.2 Å². The molecule has 0 spiro atoms. The predicted molar refractivity (Wildman–Crippen MR) is 129 cm³/mol. The lowest BCUT2D eigenvalue weighted by atomic mass is 9.74. The van der Waals surface area contributed by atoms with E-state index in [1.165, 1.54) is 0 Å². The third-order valence-electron chi connectivity index (χ3n) is 6.64. The van der Waals surface area contributed by atoms with Crippen LogP contribution in [0.2, 0.25) is 0 Å². The second-order valence-electron chi connectivity index (χ2n) is 8.96. The Morgan fingerprint density at radius 1 is 1.06 bits per heavy atom. The zero-order valence-electron chi connectivity index (χ0n) is 19.0. The molecule has 0 amide bonds. The van der Waals surface area contributed by atoms with Crippen molar-refractivity contribution < 1.29 is 18.6 Å². The van der Waals surface area contributed by atoms with Crippen LogP contribution < -0.4 is 0 Å². The number of sulfonamides is 1. The average molecular weight is 469 g/mol. The van der Waals surface area contributed by atoms with Crippen molar-refractivity contribution in [2.45, 2.75) is 49.6 Å². The van der Waals surface area contributed by atoms with Crippen LogP contribution in [0.4, 0.5) is 0 Å². The van der Waals surface area contributed by atoms with Gasteiger partial charge in [-0.3, -0.25) is 4.90 Å². The quantitative estimate of drug-likeness (QED) is 0.658. The predicted octanol–water partition coefficient (Wildman–Crippen LogP) is 2.17. The van der Waals surface area contributed by atoms with E-state index in [1.54, 1.807) is 11.2 Å². The Bertz CT molecular complexity index is 1090. The van der Waals surface area contributed by atoms with E-state index in [2.05, 4.69) is 16.7 Å². The van der Waals surface area contributed by atoms with Crippen molar-refractivity contribution in [1.29, 1.82) is 0 Å². The van der Waals surface area contributed by atoms with Gasteiger partial charge >= 0.3 is 0 Å². The molecule has 2 heterocycles. The van der Waals surface area contributed by atoms with E-state index in [1.807, 2.05) is 54.6 Å². The SMILES string of the molecule is C[C@H](O)C#Cc1ccc([C@@H]2[C@@H](CO)N3CCCCN(S(=O)(=O)Cc4ccccc4)C[C@@H]23)cc1. The number of aliphatic hydroxyl groups is 2. The van der Waals surface area contributed by atoms with Gasteiger partial charge in [-0.25, -0.2) is 12.7 Å². The summed E-state index contributed by atoms with van der Waals surface area (Å²) in [5.41, 5.74) is 2.70. The molecule has 2 aliphatic heterocycles. The van der Waals surface area contributed by atoms with Crippen LogP contribution in [0.1, 0.15) is 42.4 Å². The van der Waals surface area contributed by atoms with E-state index in [0.29, 0.717) is 13.1 Å². The molecule has 2 aromatic rings. The minimum absolute atomic E-state index is 0.00526. The summed E-state index contributed by atoms with van der Waals surface area (Å²) < 4.78 is 28.2. The summed E-state index contributed by atoms with van der Waals surface area (Å²) in [6.07, 6.45) is 1.05. The summed E-state index contributed by atoms with van der Waals surface area (Å²) in [7, 11) is -3.45. The van der Waals surface area contributed by atoms with E-state index in [4.69, 9.17) is 0 Å². The molecule has 2 aromatic carbocycles. The summed E-state index contributed by atoms with van der Waals surface area (Å²) in [6.45, 7) is 3.50. The normalized spacial score (nSPS) is 25.0. The lowest BCUT2D eigenvalue weighted by molar-refractivity contribution is -0.0554. The van der Waals surface area contributed by atoms with Gasteiger partial charge in [0.1, 0.15) is 6.10 Å². The zero-order chi connectivity index (χ0) is 23.4. The standard InChI is InChI=1S/C26H32N2O4S/c1-20(30)9-10-21-11-13-23(14-12-21)26-24-17-27(15-5-6-16-28(24)25(26)18-29)33(31,32)19-22-7-3-2-4-8-22/h2-4,7-8,11-14,20,24-26,29-30H,5-6,15-19H2,1H3/t20-,24-,25+,26-/m0/s1. The van der Waals surface area contributed by atoms with Crippen molar-refractivity contribution in [1.82, 2.24) is 9.21 Å². The number of nitrogens with zero attached hydrogens (tertiary/aromatic N) is 2. The van der Waals surface area contributed by atoms with Crippen molar-refractivity contribution in [3.8, 4) is 11.8 Å². The fourth-order valence-corrected chi connectivity index (χ4v) is 6.60. The first-order valence-corrected chi connectivity index (χ1v) is 13.2. The molecular weight excluding hydrogens is 436 g/mol. The molecule has 0 aromatic heterocycles. The molecule has 0 unspecified atom stereocenters. The maximum atomic E-state index is 13.3. The highest BCUT2D eigenvalue weighted by atomic mass is 32.2. The summed E-state index contributed by atoms with van der Waals surface area (Å²) in [5, 5.41) is 19.5. The van der Waals surface area contributed by atoms with Crippen molar-refractivity contribution in [2.24, 2.45) is 0 Å². The first-order chi connectivity index (χ1) is 15.9. The molecule has 0 radical (unpaired) electrons. The first kappa shape index (κ1) is 23.9. The summed E-state index contributed by atoms with van der Waals surface area (Å²) in [4.78, 5) is 2.27. The highest BCUT2D eigenvalue weighted by Crippen LogP contribution is 2.42. The van der Waals surface area contributed by atoms with Crippen molar-refractivity contribution in [2.75, 3.05) is 26.2 Å². The van der Waals surface area contributed by atoms with E-state index in [-0.39, 0.29) is 30.4 Å². The smallest absolute Gasteiger partial charge is 0.218 e. The van der Waals surface area contributed by atoms with Gasteiger partial charge in [-0.05, 0) is 49.6 Å². The molecule has 6 nitrogen and oxygen atoms in total. The molecule has 0 saturated carbocycles. The van der Waals surface area contributed by atoms with Gasteiger partial charge in [-0.2, -0.15) is 0 Å². The Hall–Kier alpha value is -2.21. The van der Waals surface area contributed by atoms with Crippen LogP contribution >= 0.6 is 0 Å². The van der Waals surface area contributed by atoms with E-state index < -0.39 is 16.1 Å². The molecule has 176 valence electrons. The number of rotatable bonds is 5. The molecule has 2 fully saturated rings. The Kier molecular flexibility index (Phi) is 7.52. The molecular formula is C26H32N2O4S. The number of benzene rings is 2. The first-order valence-electron chi connectivity index (χ1n) is 11.6. The summed E-state index contributed by atoms with van der Waals surface area (Å²) >= 11 is 0. The minimum atomic E-state index is -3.45. The number of hydrogen-bond donors (Lipinski definition) is 2. The van der Waals surface area contributed by atoms with Gasteiger partial charge in [0.05, 0.1) is 12.4 Å². The largest absolute Gasteiger partial charge is 0.395 e. The fourth-order valence-electron chi connectivity index (χ4n) is 5.01. The molecule has 33 heavy (non-hydrogen) atoms. The summed E-state index contributed by atoms with van der Waals surface area (Å²) in [5.74, 6) is 5.76. The van der Waals surface area contributed by atoms with E-state index in [9.17, 15) is 18.6 Å². The molecule has 2 N–H and O–H groups in total. The molecule has 4 atom stereocenters. The molecule has 0 bridgehead atoms. The van der Waals surface area contributed by atoms with E-state index in [0.717, 1.165) is 36.1 Å². The van der Waals surface area contributed by atoms with Crippen LogP contribution in [0.25, 0.3) is 0 Å². The molecule has 0 aliphatic carbocycles. The number of fused-ring (bicyclic) bond motifs is 1. The Balaban J connectivity index is 1.55. The third-order valence-corrected chi connectivity index (χ3v) is 8.46. The van der Waals surface area contributed by atoms with Crippen LogP contribution in [-0.2, 0) is 15.8 Å². The third kappa shape index (κ3) is 5.48. The minimum Gasteiger partial charge on any atom is -0.395 e. The van der Waals surface area contributed by atoms with Gasteiger partial charge in [0, 0.05) is 36.7 Å². The number of hydrogen-bond acceptors (Lipinski definition) is 5. The van der Waals surface area contributed by atoms with Crippen LogP contribution in [-0.4, -0.2) is 72.3 Å². The topological polar surface area (TPSA) is 81.1 Å². The van der Waals surface area contributed by atoms with Crippen molar-refractivity contribution >= 4 is 10.0 Å². The second kappa shape index (κ2) is 10.4. The molecule has 7 heteroatoms. The average Bonchev–Trinajstić information content (AvgIpc) is 2.77. The Morgan fingerprint density at radius 2 is 1.76 bits per heavy atom. The maximum Gasteiger partial charge on any atom is 0.218 e. The number of aliphatic hydroxyl groups excluding tert-OH is 2. The van der Waals surface area contributed by atoms with Crippen molar-refractivity contribution in [3.63, 3.8) is 0 Å². The van der Waals surface area contributed by atoms with Crippen molar-refractivity contribution in [3.05, 3.63) is 71.3 Å².